The van der Waals surface area contributed by atoms with Crippen LogP contribution in [0.2, 0.25) is 0 Å². The van der Waals surface area contributed by atoms with E-state index in [1.165, 1.54) is 19.3 Å². The maximum Gasteiger partial charge on any atom is 0.138 e. The van der Waals surface area contributed by atoms with Crippen LogP contribution in [0.1, 0.15) is 52.8 Å². The summed E-state index contributed by atoms with van der Waals surface area (Å²) in [7, 11) is 0. The molecule has 0 saturated heterocycles. The average Bonchev–Trinajstić information content (AvgIpc) is 2.13. The number of rotatable bonds is 2. The number of anilines is 2. The maximum atomic E-state index is 5.84. The smallest absolute Gasteiger partial charge is 0.138 e. The zero-order chi connectivity index (χ0) is 12.7. The molecule has 1 fully saturated rings. The maximum absolute atomic E-state index is 5.84. The second-order valence-electron chi connectivity index (χ2n) is 6.29. The minimum absolute atomic E-state index is 0.0771. The van der Waals surface area contributed by atoms with Gasteiger partial charge >= 0.3 is 0 Å². The number of nitrogen functional groups attached to an aromatic ring is 1. The topological polar surface area (TPSA) is 63.8 Å². The highest BCUT2D eigenvalue weighted by atomic mass is 15.1. The van der Waals surface area contributed by atoms with Gasteiger partial charge in [-0.1, -0.05) is 20.8 Å². The van der Waals surface area contributed by atoms with Crippen LogP contribution in [0.5, 0.6) is 0 Å². The van der Waals surface area contributed by atoms with Crippen LogP contribution in [0.15, 0.2) is 6.07 Å². The lowest BCUT2D eigenvalue weighted by Gasteiger charge is -2.39. The summed E-state index contributed by atoms with van der Waals surface area (Å²) in [5.41, 5.74) is 5.96. The van der Waals surface area contributed by atoms with E-state index in [-0.39, 0.29) is 11.0 Å². The predicted octanol–water partition coefficient (Wildman–Crippen LogP) is 2.71. The van der Waals surface area contributed by atoms with E-state index >= 15 is 0 Å². The molecule has 1 heterocycles. The van der Waals surface area contributed by atoms with Gasteiger partial charge in [0.15, 0.2) is 0 Å². The van der Waals surface area contributed by atoms with Gasteiger partial charge in [0.05, 0.1) is 0 Å². The molecule has 3 N–H and O–H groups in total. The van der Waals surface area contributed by atoms with Crippen molar-refractivity contribution in [1.82, 2.24) is 9.97 Å². The van der Waals surface area contributed by atoms with E-state index in [0.29, 0.717) is 5.82 Å². The lowest BCUT2D eigenvalue weighted by Crippen LogP contribution is -2.42. The number of aromatic nitrogens is 2. The fourth-order valence-electron chi connectivity index (χ4n) is 2.01. The van der Waals surface area contributed by atoms with Crippen molar-refractivity contribution in [2.75, 3.05) is 11.1 Å². The minimum atomic E-state index is -0.0771. The van der Waals surface area contributed by atoms with E-state index in [1.54, 1.807) is 0 Å². The first-order chi connectivity index (χ1) is 7.78. The lowest BCUT2D eigenvalue weighted by molar-refractivity contribution is 0.305. The summed E-state index contributed by atoms with van der Waals surface area (Å²) in [6, 6.07) is 1.82. The monoisotopic (exact) mass is 234 g/mol. The van der Waals surface area contributed by atoms with Gasteiger partial charge in [0.25, 0.3) is 0 Å². The highest BCUT2D eigenvalue weighted by molar-refractivity contribution is 5.47. The van der Waals surface area contributed by atoms with Crippen LogP contribution >= 0.6 is 0 Å². The third kappa shape index (κ3) is 2.68. The molecule has 1 saturated carbocycles. The predicted molar refractivity (Wildman–Crippen MR) is 71.0 cm³/mol. The van der Waals surface area contributed by atoms with Crippen molar-refractivity contribution >= 4 is 11.6 Å². The molecule has 1 aromatic heterocycles. The highest BCUT2D eigenvalue weighted by Crippen LogP contribution is 2.34. The SMILES string of the molecule is CC1(Nc2cc(N)nc(C(C)(C)C)n2)CCC1. The quantitative estimate of drug-likeness (QED) is 0.825. The normalized spacial score (nSPS) is 18.6. The van der Waals surface area contributed by atoms with Gasteiger partial charge in [-0.25, -0.2) is 9.97 Å². The highest BCUT2D eigenvalue weighted by Gasteiger charge is 2.32. The standard InChI is InChI=1S/C13H22N4/c1-12(2,3)11-15-9(14)8-10(16-11)17-13(4)6-5-7-13/h8H,5-7H2,1-4H3,(H3,14,15,16,17). The molecule has 2 rings (SSSR count). The van der Waals surface area contributed by atoms with Crippen LogP contribution in [-0.4, -0.2) is 15.5 Å². The Labute approximate surface area is 103 Å². The summed E-state index contributed by atoms with van der Waals surface area (Å²) in [4.78, 5) is 8.88. The molecule has 1 aliphatic carbocycles. The van der Waals surface area contributed by atoms with Gasteiger partial charge in [0.2, 0.25) is 0 Å². The fraction of sp³-hybridized carbons (Fsp3) is 0.692. The van der Waals surface area contributed by atoms with Crippen LogP contribution in [0.25, 0.3) is 0 Å². The van der Waals surface area contributed by atoms with E-state index in [9.17, 15) is 0 Å². The Morgan fingerprint density at radius 3 is 2.41 bits per heavy atom. The van der Waals surface area contributed by atoms with Crippen molar-refractivity contribution in [3.05, 3.63) is 11.9 Å². The van der Waals surface area contributed by atoms with Gasteiger partial charge < -0.3 is 11.1 Å². The molecule has 0 atom stereocenters. The molecular formula is C13H22N4. The Kier molecular flexibility index (Phi) is 2.76. The largest absolute Gasteiger partial charge is 0.384 e. The first kappa shape index (κ1) is 12.1. The second-order valence-corrected chi connectivity index (χ2v) is 6.29. The third-order valence-electron chi connectivity index (χ3n) is 3.30. The fourth-order valence-corrected chi connectivity index (χ4v) is 2.01. The van der Waals surface area contributed by atoms with Crippen molar-refractivity contribution in [3.8, 4) is 0 Å². The second kappa shape index (κ2) is 3.86. The summed E-state index contributed by atoms with van der Waals surface area (Å²) >= 11 is 0. The van der Waals surface area contributed by atoms with Crippen LogP contribution in [0, 0.1) is 0 Å². The Morgan fingerprint density at radius 2 is 1.94 bits per heavy atom. The number of hydrogen-bond donors (Lipinski definition) is 2. The van der Waals surface area contributed by atoms with E-state index in [4.69, 9.17) is 5.73 Å². The first-order valence-electron chi connectivity index (χ1n) is 6.22. The third-order valence-corrected chi connectivity index (χ3v) is 3.30. The van der Waals surface area contributed by atoms with Gasteiger partial charge in [0.1, 0.15) is 17.5 Å². The zero-order valence-corrected chi connectivity index (χ0v) is 11.2. The molecule has 0 unspecified atom stereocenters. The summed E-state index contributed by atoms with van der Waals surface area (Å²) in [6.45, 7) is 8.51. The van der Waals surface area contributed by atoms with Gasteiger partial charge in [-0.2, -0.15) is 0 Å². The molecule has 4 nitrogen and oxygen atoms in total. The van der Waals surface area contributed by atoms with Gasteiger partial charge in [-0.15, -0.1) is 0 Å². The Hall–Kier alpha value is -1.32. The molecular weight excluding hydrogens is 212 g/mol. The van der Waals surface area contributed by atoms with Gasteiger partial charge in [-0.3, -0.25) is 0 Å². The molecule has 1 aromatic rings. The van der Waals surface area contributed by atoms with Crippen LogP contribution in [-0.2, 0) is 5.41 Å². The Bertz CT molecular complexity index is 416. The number of nitrogens with one attached hydrogen (secondary N) is 1. The summed E-state index contributed by atoms with van der Waals surface area (Å²) in [5, 5.41) is 3.48. The number of nitrogens with zero attached hydrogens (tertiary/aromatic N) is 2. The van der Waals surface area contributed by atoms with Crippen LogP contribution in [0.4, 0.5) is 11.6 Å². The molecule has 0 bridgehead atoms. The van der Waals surface area contributed by atoms with Crippen molar-refractivity contribution in [2.24, 2.45) is 0 Å². The molecule has 0 aliphatic heterocycles. The molecule has 0 amide bonds. The first-order valence-corrected chi connectivity index (χ1v) is 6.22. The number of nitrogens with two attached hydrogens (primary N) is 1. The summed E-state index contributed by atoms with van der Waals surface area (Å²) in [6.07, 6.45) is 3.68. The summed E-state index contributed by atoms with van der Waals surface area (Å²) < 4.78 is 0. The molecule has 0 spiro atoms. The Morgan fingerprint density at radius 1 is 1.29 bits per heavy atom. The van der Waals surface area contributed by atoms with E-state index in [2.05, 4.69) is 43.0 Å². The lowest BCUT2D eigenvalue weighted by atomic mass is 9.78. The Balaban J connectivity index is 2.25. The van der Waals surface area contributed by atoms with E-state index in [1.807, 2.05) is 6.07 Å². The van der Waals surface area contributed by atoms with Crippen molar-refractivity contribution in [1.29, 1.82) is 0 Å². The summed E-state index contributed by atoms with van der Waals surface area (Å²) in [5.74, 6) is 2.18. The van der Waals surface area contributed by atoms with Crippen molar-refractivity contribution in [3.63, 3.8) is 0 Å². The molecule has 1 aliphatic rings. The molecule has 4 heteroatoms. The van der Waals surface area contributed by atoms with Gasteiger partial charge in [-0.05, 0) is 26.2 Å². The zero-order valence-electron chi connectivity index (χ0n) is 11.2. The van der Waals surface area contributed by atoms with Crippen LogP contribution in [0.3, 0.4) is 0 Å². The average molecular weight is 234 g/mol. The molecule has 94 valence electrons. The van der Waals surface area contributed by atoms with Crippen LogP contribution < -0.4 is 11.1 Å². The van der Waals surface area contributed by atoms with Crippen molar-refractivity contribution < 1.29 is 0 Å². The molecule has 0 radical (unpaired) electrons. The van der Waals surface area contributed by atoms with Gasteiger partial charge in [0, 0.05) is 17.0 Å². The van der Waals surface area contributed by atoms with Crippen molar-refractivity contribution in [2.45, 2.75) is 57.9 Å². The number of hydrogen-bond acceptors (Lipinski definition) is 4. The van der Waals surface area contributed by atoms with E-state index < -0.39 is 0 Å². The molecule has 0 aromatic carbocycles. The van der Waals surface area contributed by atoms with E-state index in [0.717, 1.165) is 11.6 Å². The molecule has 17 heavy (non-hydrogen) atoms. The minimum Gasteiger partial charge on any atom is -0.384 e.